The van der Waals surface area contributed by atoms with Gasteiger partial charge < -0.3 is 29.5 Å². The molecule has 0 aliphatic carbocycles. The molecule has 2 aromatic rings. The van der Waals surface area contributed by atoms with Gasteiger partial charge >= 0.3 is 12.4 Å². The highest BCUT2D eigenvalue weighted by atomic mass is 35.5. The third kappa shape index (κ3) is 10.6. The van der Waals surface area contributed by atoms with Crippen molar-refractivity contribution in [2.75, 3.05) is 57.8 Å². The summed E-state index contributed by atoms with van der Waals surface area (Å²) in [6.07, 6.45) is -0.944. The average molecular weight is 627 g/mol. The Labute approximate surface area is 257 Å². The van der Waals surface area contributed by atoms with E-state index in [0.717, 1.165) is 69.6 Å². The number of carbonyl (C=O) groups is 2. The van der Waals surface area contributed by atoms with E-state index in [0.29, 0.717) is 37.9 Å². The van der Waals surface area contributed by atoms with Gasteiger partial charge in [-0.25, -0.2) is 4.79 Å². The zero-order valence-electron chi connectivity index (χ0n) is 24.8. The number of likely N-dealkylation sites (tertiary alicyclic amines) is 1. The number of hydrogen-bond donors (Lipinski definition) is 1. The summed E-state index contributed by atoms with van der Waals surface area (Å²) < 4.78 is 46.5. The van der Waals surface area contributed by atoms with Crippen LogP contribution in [0.1, 0.15) is 49.0 Å². The molecule has 1 N–H and O–H groups in total. The standard InChI is InChI=1S/C31H41F3N4O4.ClH/c1-3-13-38(22-24-11-14-36(15-12-24)30(40)37-16-18-41-19-17-37)23(2)20-25-5-4-6-27(21-25)35-29(39)26-7-9-28(10-8-26)42-31(32,33)34;/h4-10,21,23-24H,3,11-20,22H2,1-2H3,(H,35,39);1H. The van der Waals surface area contributed by atoms with Crippen LogP contribution in [0.2, 0.25) is 0 Å². The van der Waals surface area contributed by atoms with Crippen LogP contribution in [0.5, 0.6) is 5.75 Å². The van der Waals surface area contributed by atoms with Gasteiger partial charge in [-0.05, 0) is 87.0 Å². The van der Waals surface area contributed by atoms with Gasteiger partial charge in [-0.1, -0.05) is 19.1 Å². The van der Waals surface area contributed by atoms with Crippen molar-refractivity contribution >= 4 is 30.0 Å². The van der Waals surface area contributed by atoms with Crippen molar-refractivity contribution < 1.29 is 32.2 Å². The molecule has 0 radical (unpaired) electrons. The molecule has 4 rings (SSSR count). The Hall–Kier alpha value is -3.02. The van der Waals surface area contributed by atoms with Crippen molar-refractivity contribution in [3.05, 3.63) is 59.7 Å². The average Bonchev–Trinajstić information content (AvgIpc) is 2.97. The van der Waals surface area contributed by atoms with Gasteiger partial charge in [0, 0.05) is 50.0 Å². The van der Waals surface area contributed by atoms with Crippen molar-refractivity contribution in [1.82, 2.24) is 14.7 Å². The molecule has 12 heteroatoms. The number of nitrogens with zero attached hydrogens (tertiary/aromatic N) is 3. The number of carbonyl (C=O) groups excluding carboxylic acids is 2. The second-order valence-electron chi connectivity index (χ2n) is 11.1. The minimum Gasteiger partial charge on any atom is -0.406 e. The van der Waals surface area contributed by atoms with E-state index in [-0.39, 0.29) is 35.8 Å². The molecule has 43 heavy (non-hydrogen) atoms. The number of morpholine rings is 1. The second-order valence-corrected chi connectivity index (χ2v) is 11.1. The highest BCUT2D eigenvalue weighted by Crippen LogP contribution is 2.24. The smallest absolute Gasteiger partial charge is 0.406 e. The summed E-state index contributed by atoms with van der Waals surface area (Å²) in [5, 5.41) is 2.84. The molecule has 2 aliphatic heterocycles. The maximum Gasteiger partial charge on any atom is 0.573 e. The first kappa shape index (κ1) is 34.5. The van der Waals surface area contributed by atoms with Gasteiger partial charge in [-0.3, -0.25) is 4.79 Å². The number of alkyl halides is 3. The molecular formula is C31H42ClF3N4O4. The van der Waals surface area contributed by atoms with Gasteiger partial charge in [0.15, 0.2) is 0 Å². The van der Waals surface area contributed by atoms with Crippen molar-refractivity contribution in [2.24, 2.45) is 5.92 Å². The third-order valence-corrected chi connectivity index (χ3v) is 7.86. The zero-order chi connectivity index (χ0) is 30.1. The number of halogens is 4. The molecule has 0 saturated carbocycles. The molecule has 2 fully saturated rings. The molecule has 1 atom stereocenters. The molecule has 0 spiro atoms. The number of benzene rings is 2. The molecule has 8 nitrogen and oxygen atoms in total. The molecule has 1 unspecified atom stereocenters. The van der Waals surface area contributed by atoms with E-state index in [1.54, 1.807) is 6.07 Å². The number of anilines is 1. The van der Waals surface area contributed by atoms with Gasteiger partial charge in [-0.15, -0.1) is 25.6 Å². The normalized spacial score (nSPS) is 16.9. The number of ether oxygens (including phenoxy) is 2. The number of nitrogens with one attached hydrogen (secondary N) is 1. The molecule has 2 heterocycles. The molecule has 0 bridgehead atoms. The molecule has 2 aliphatic rings. The summed E-state index contributed by atoms with van der Waals surface area (Å²) in [6.45, 7) is 10.5. The van der Waals surface area contributed by atoms with Gasteiger partial charge in [-0.2, -0.15) is 0 Å². The van der Waals surface area contributed by atoms with Crippen LogP contribution >= 0.6 is 12.4 Å². The van der Waals surface area contributed by atoms with E-state index in [4.69, 9.17) is 4.74 Å². The highest BCUT2D eigenvalue weighted by Gasteiger charge is 2.31. The first-order valence-corrected chi connectivity index (χ1v) is 14.7. The van der Waals surface area contributed by atoms with E-state index in [1.807, 2.05) is 28.0 Å². The highest BCUT2D eigenvalue weighted by molar-refractivity contribution is 6.04. The largest absolute Gasteiger partial charge is 0.573 e. The summed E-state index contributed by atoms with van der Waals surface area (Å²) in [7, 11) is 0. The van der Waals surface area contributed by atoms with E-state index >= 15 is 0 Å². The van der Waals surface area contributed by atoms with Crippen LogP contribution < -0.4 is 10.1 Å². The number of amides is 3. The third-order valence-electron chi connectivity index (χ3n) is 7.86. The minimum absolute atomic E-state index is 0. The quantitative estimate of drug-likeness (QED) is 0.347. The number of rotatable bonds is 10. The van der Waals surface area contributed by atoms with Crippen LogP contribution in [-0.2, 0) is 11.2 Å². The Morgan fingerprint density at radius 1 is 1.05 bits per heavy atom. The summed E-state index contributed by atoms with van der Waals surface area (Å²) in [4.78, 5) is 32.0. The Kier molecular flexibility index (Phi) is 13.0. The Morgan fingerprint density at radius 3 is 2.33 bits per heavy atom. The monoisotopic (exact) mass is 626 g/mol. The predicted octanol–water partition coefficient (Wildman–Crippen LogP) is 6.07. The van der Waals surface area contributed by atoms with Crippen LogP contribution in [0.15, 0.2) is 48.5 Å². The van der Waals surface area contributed by atoms with E-state index in [2.05, 4.69) is 28.8 Å². The minimum atomic E-state index is -4.78. The van der Waals surface area contributed by atoms with Gasteiger partial charge in [0.05, 0.1) is 13.2 Å². The van der Waals surface area contributed by atoms with Crippen LogP contribution in [0, 0.1) is 5.92 Å². The number of urea groups is 1. The van der Waals surface area contributed by atoms with Gasteiger partial charge in [0.1, 0.15) is 5.75 Å². The maximum absolute atomic E-state index is 12.8. The Balaban J connectivity index is 0.00000506. The maximum atomic E-state index is 12.8. The van der Waals surface area contributed by atoms with Crippen molar-refractivity contribution in [1.29, 1.82) is 0 Å². The SMILES string of the molecule is CCCN(CC1CCN(C(=O)N2CCOCC2)CC1)C(C)Cc1cccc(NC(=O)c2ccc(OC(F)(F)F)cc2)c1.Cl. The molecular weight excluding hydrogens is 585 g/mol. The van der Waals surface area contributed by atoms with E-state index in [1.165, 1.54) is 12.1 Å². The number of hydrogen-bond acceptors (Lipinski definition) is 5. The van der Waals surface area contributed by atoms with Gasteiger partial charge in [0.25, 0.3) is 5.91 Å². The molecule has 2 saturated heterocycles. The van der Waals surface area contributed by atoms with Crippen LogP contribution in [0.4, 0.5) is 23.7 Å². The lowest BCUT2D eigenvalue weighted by atomic mass is 9.95. The fourth-order valence-electron chi connectivity index (χ4n) is 5.63. The van der Waals surface area contributed by atoms with Crippen LogP contribution in [0.3, 0.4) is 0 Å². The topological polar surface area (TPSA) is 74.4 Å². The lowest BCUT2D eigenvalue weighted by Crippen LogP contribution is -2.51. The van der Waals surface area contributed by atoms with Crippen LogP contribution in [-0.4, -0.2) is 91.5 Å². The second kappa shape index (κ2) is 16.2. The molecule has 238 valence electrons. The Morgan fingerprint density at radius 2 is 1.70 bits per heavy atom. The molecule has 2 aromatic carbocycles. The summed E-state index contributed by atoms with van der Waals surface area (Å²) in [5.74, 6) is -0.255. The molecule has 0 aromatic heterocycles. The lowest BCUT2D eigenvalue weighted by molar-refractivity contribution is -0.274. The van der Waals surface area contributed by atoms with Crippen molar-refractivity contribution in [3.63, 3.8) is 0 Å². The fourth-order valence-corrected chi connectivity index (χ4v) is 5.63. The van der Waals surface area contributed by atoms with Crippen LogP contribution in [0.25, 0.3) is 0 Å². The Bertz CT molecular complexity index is 1170. The first-order valence-electron chi connectivity index (χ1n) is 14.7. The van der Waals surface area contributed by atoms with Crippen molar-refractivity contribution in [3.8, 4) is 5.75 Å². The lowest BCUT2D eigenvalue weighted by Gasteiger charge is -2.39. The first-order chi connectivity index (χ1) is 20.1. The fraction of sp³-hybridized carbons (Fsp3) is 0.548. The summed E-state index contributed by atoms with van der Waals surface area (Å²) in [5.41, 5.74) is 1.94. The molecule has 3 amide bonds. The predicted molar refractivity (Wildman–Crippen MR) is 162 cm³/mol. The summed E-state index contributed by atoms with van der Waals surface area (Å²) in [6, 6.07) is 12.9. The summed E-state index contributed by atoms with van der Waals surface area (Å²) >= 11 is 0. The van der Waals surface area contributed by atoms with E-state index in [9.17, 15) is 22.8 Å². The van der Waals surface area contributed by atoms with Gasteiger partial charge in [0.2, 0.25) is 0 Å². The van der Waals surface area contributed by atoms with E-state index < -0.39 is 12.3 Å². The van der Waals surface area contributed by atoms with Crippen molar-refractivity contribution in [2.45, 2.75) is 51.9 Å². The number of piperidine rings is 1. The zero-order valence-corrected chi connectivity index (χ0v) is 25.6.